The molecule has 3 rings (SSSR count). The smallest absolute Gasteiger partial charge is 0.318 e. The van der Waals surface area contributed by atoms with E-state index in [9.17, 15) is 4.79 Å². The van der Waals surface area contributed by atoms with Crippen molar-refractivity contribution in [3.05, 3.63) is 64.7 Å². The summed E-state index contributed by atoms with van der Waals surface area (Å²) in [6.07, 6.45) is 0.807. The third-order valence-corrected chi connectivity index (χ3v) is 4.39. The number of nitrogens with one attached hydrogen (secondary N) is 1. The molecule has 23 heavy (non-hydrogen) atoms. The first kappa shape index (κ1) is 15.7. The summed E-state index contributed by atoms with van der Waals surface area (Å²) in [6.45, 7) is 1.30. The number of carbonyl (C=O) groups excluding carboxylic acids is 1. The normalized spacial score (nSPS) is 17.2. The Labute approximate surface area is 141 Å². The number of nitrogens with zero attached hydrogens (tertiary/aromatic N) is 1. The van der Waals surface area contributed by atoms with Gasteiger partial charge in [-0.1, -0.05) is 35.9 Å². The van der Waals surface area contributed by atoms with Crippen molar-refractivity contribution in [2.75, 3.05) is 20.2 Å². The zero-order valence-corrected chi connectivity index (χ0v) is 13.7. The van der Waals surface area contributed by atoms with Crippen LogP contribution in [0.4, 0.5) is 4.79 Å². The second-order valence-corrected chi connectivity index (χ2v) is 5.98. The third-order valence-electron chi connectivity index (χ3n) is 4.14. The van der Waals surface area contributed by atoms with Crippen LogP contribution in [0, 0.1) is 0 Å². The van der Waals surface area contributed by atoms with Gasteiger partial charge in [-0.15, -0.1) is 0 Å². The van der Waals surface area contributed by atoms with Gasteiger partial charge in [0.05, 0.1) is 13.2 Å². The summed E-state index contributed by atoms with van der Waals surface area (Å²) < 4.78 is 5.16. The third kappa shape index (κ3) is 3.59. The van der Waals surface area contributed by atoms with Gasteiger partial charge in [0.1, 0.15) is 5.75 Å². The second kappa shape index (κ2) is 6.92. The molecule has 120 valence electrons. The number of ether oxygens (including phenoxy) is 1. The topological polar surface area (TPSA) is 41.6 Å². The lowest BCUT2D eigenvalue weighted by molar-refractivity contribution is 0.205. The van der Waals surface area contributed by atoms with Gasteiger partial charge in [0.2, 0.25) is 0 Å². The van der Waals surface area contributed by atoms with Crippen LogP contribution in [0.25, 0.3) is 0 Å². The van der Waals surface area contributed by atoms with Gasteiger partial charge >= 0.3 is 6.03 Å². The van der Waals surface area contributed by atoms with Crippen LogP contribution in [0.2, 0.25) is 5.02 Å². The van der Waals surface area contributed by atoms with Crippen LogP contribution < -0.4 is 10.1 Å². The number of benzene rings is 2. The highest BCUT2D eigenvalue weighted by Gasteiger charge is 2.31. The Morgan fingerprint density at radius 2 is 1.87 bits per heavy atom. The van der Waals surface area contributed by atoms with E-state index in [4.69, 9.17) is 16.3 Å². The Bertz CT molecular complexity index is 670. The molecule has 0 aliphatic carbocycles. The van der Waals surface area contributed by atoms with Crippen molar-refractivity contribution in [1.29, 1.82) is 0 Å². The monoisotopic (exact) mass is 330 g/mol. The van der Waals surface area contributed by atoms with Crippen molar-refractivity contribution in [3.63, 3.8) is 0 Å². The van der Waals surface area contributed by atoms with E-state index in [1.165, 1.54) is 5.56 Å². The quantitative estimate of drug-likeness (QED) is 0.909. The highest BCUT2D eigenvalue weighted by atomic mass is 35.5. The minimum atomic E-state index is -0.0153. The SMILES string of the molecule is COc1ccc(CCN2C(=O)NCC2c2ccc(Cl)cc2)cc1. The maximum absolute atomic E-state index is 12.1. The second-order valence-electron chi connectivity index (χ2n) is 5.54. The molecule has 0 radical (unpaired) electrons. The summed E-state index contributed by atoms with van der Waals surface area (Å²) in [5.74, 6) is 0.840. The number of urea groups is 1. The van der Waals surface area contributed by atoms with E-state index in [1.807, 2.05) is 53.4 Å². The Kier molecular flexibility index (Phi) is 4.72. The molecule has 0 aromatic heterocycles. The van der Waals surface area contributed by atoms with E-state index in [0.717, 1.165) is 17.7 Å². The van der Waals surface area contributed by atoms with Crippen LogP contribution >= 0.6 is 11.6 Å². The predicted octanol–water partition coefficient (Wildman–Crippen LogP) is 3.66. The van der Waals surface area contributed by atoms with Crippen LogP contribution in [0.5, 0.6) is 5.75 Å². The molecule has 1 aliphatic rings. The lowest BCUT2D eigenvalue weighted by Gasteiger charge is -2.23. The van der Waals surface area contributed by atoms with Crippen molar-refractivity contribution < 1.29 is 9.53 Å². The molecule has 2 amide bonds. The van der Waals surface area contributed by atoms with Crippen LogP contribution in [-0.2, 0) is 6.42 Å². The van der Waals surface area contributed by atoms with Crippen LogP contribution in [0.3, 0.4) is 0 Å². The maximum Gasteiger partial charge on any atom is 0.318 e. The zero-order valence-electron chi connectivity index (χ0n) is 13.0. The zero-order chi connectivity index (χ0) is 16.2. The van der Waals surface area contributed by atoms with Crippen molar-refractivity contribution in [3.8, 4) is 5.75 Å². The molecule has 0 spiro atoms. The molecule has 1 fully saturated rings. The van der Waals surface area contributed by atoms with Gasteiger partial charge in [-0.05, 0) is 41.8 Å². The Morgan fingerprint density at radius 3 is 2.52 bits per heavy atom. The van der Waals surface area contributed by atoms with Crippen molar-refractivity contribution in [2.45, 2.75) is 12.5 Å². The van der Waals surface area contributed by atoms with E-state index >= 15 is 0 Å². The Balaban J connectivity index is 1.68. The van der Waals surface area contributed by atoms with Crippen LogP contribution in [0.15, 0.2) is 48.5 Å². The summed E-state index contributed by atoms with van der Waals surface area (Å²) >= 11 is 5.94. The van der Waals surface area contributed by atoms with Crippen LogP contribution in [0.1, 0.15) is 17.2 Å². The summed E-state index contributed by atoms with van der Waals surface area (Å²) in [5.41, 5.74) is 2.28. The molecule has 2 aromatic rings. The molecule has 1 heterocycles. The largest absolute Gasteiger partial charge is 0.497 e. The Morgan fingerprint density at radius 1 is 1.17 bits per heavy atom. The molecular formula is C18H19ClN2O2. The van der Waals surface area contributed by atoms with Gasteiger partial charge in [0.25, 0.3) is 0 Å². The number of hydrogen-bond donors (Lipinski definition) is 1. The van der Waals surface area contributed by atoms with Gasteiger partial charge in [-0.25, -0.2) is 4.79 Å². The summed E-state index contributed by atoms with van der Waals surface area (Å²) in [6, 6.07) is 15.7. The van der Waals surface area contributed by atoms with E-state index in [0.29, 0.717) is 18.1 Å². The first-order valence-corrected chi connectivity index (χ1v) is 7.98. The van der Waals surface area contributed by atoms with Crippen molar-refractivity contribution in [2.24, 2.45) is 0 Å². The number of amides is 2. The first-order valence-electron chi connectivity index (χ1n) is 7.60. The Hall–Kier alpha value is -2.20. The molecule has 1 N–H and O–H groups in total. The minimum absolute atomic E-state index is 0.0153. The van der Waals surface area contributed by atoms with Crippen LogP contribution in [-0.4, -0.2) is 31.1 Å². The van der Waals surface area contributed by atoms with Gasteiger partial charge in [-0.3, -0.25) is 0 Å². The summed E-state index contributed by atoms with van der Waals surface area (Å²) in [4.78, 5) is 14.0. The number of rotatable bonds is 5. The van der Waals surface area contributed by atoms with Gasteiger partial charge in [0.15, 0.2) is 0 Å². The molecule has 5 heteroatoms. The fourth-order valence-electron chi connectivity index (χ4n) is 2.82. The molecule has 4 nitrogen and oxygen atoms in total. The summed E-state index contributed by atoms with van der Waals surface area (Å²) in [7, 11) is 1.65. The predicted molar refractivity (Wildman–Crippen MR) is 91.0 cm³/mol. The molecular weight excluding hydrogens is 312 g/mol. The maximum atomic E-state index is 12.1. The van der Waals surface area contributed by atoms with Gasteiger partial charge in [-0.2, -0.15) is 0 Å². The molecule has 1 saturated heterocycles. The number of hydrogen-bond acceptors (Lipinski definition) is 2. The highest BCUT2D eigenvalue weighted by molar-refractivity contribution is 6.30. The number of methoxy groups -OCH3 is 1. The minimum Gasteiger partial charge on any atom is -0.497 e. The van der Waals surface area contributed by atoms with E-state index in [2.05, 4.69) is 5.32 Å². The first-order chi connectivity index (χ1) is 11.2. The van der Waals surface area contributed by atoms with Crippen molar-refractivity contribution >= 4 is 17.6 Å². The highest BCUT2D eigenvalue weighted by Crippen LogP contribution is 2.26. The number of carbonyl (C=O) groups is 1. The lowest BCUT2D eigenvalue weighted by Crippen LogP contribution is -2.31. The standard InChI is InChI=1S/C18H19ClN2O2/c1-23-16-8-2-13(3-9-16)10-11-21-17(12-20-18(21)22)14-4-6-15(19)7-5-14/h2-9,17H,10-12H2,1H3,(H,20,22). The molecule has 1 unspecified atom stereocenters. The fourth-order valence-corrected chi connectivity index (χ4v) is 2.95. The van der Waals surface area contributed by atoms with Gasteiger partial charge < -0.3 is 15.0 Å². The van der Waals surface area contributed by atoms with E-state index in [-0.39, 0.29) is 12.1 Å². The van der Waals surface area contributed by atoms with Gasteiger partial charge in [0, 0.05) is 18.1 Å². The fraction of sp³-hybridized carbons (Fsp3) is 0.278. The molecule has 1 aliphatic heterocycles. The average Bonchev–Trinajstić information content (AvgIpc) is 2.95. The van der Waals surface area contributed by atoms with Crippen molar-refractivity contribution in [1.82, 2.24) is 10.2 Å². The van der Waals surface area contributed by atoms with E-state index in [1.54, 1.807) is 7.11 Å². The molecule has 0 bridgehead atoms. The average molecular weight is 331 g/mol. The molecule has 0 saturated carbocycles. The summed E-state index contributed by atoms with van der Waals surface area (Å²) in [5, 5.41) is 3.63. The lowest BCUT2D eigenvalue weighted by atomic mass is 10.1. The molecule has 1 atom stereocenters. The van der Waals surface area contributed by atoms with E-state index < -0.39 is 0 Å². The number of halogens is 1. The molecule has 2 aromatic carbocycles.